The highest BCUT2D eigenvalue weighted by atomic mass is 79.9. The summed E-state index contributed by atoms with van der Waals surface area (Å²) in [6.07, 6.45) is 0.966. The van der Waals surface area contributed by atoms with Crippen molar-refractivity contribution in [2.45, 2.75) is 46.1 Å². The second-order valence-electron chi connectivity index (χ2n) is 5.28. The third-order valence-electron chi connectivity index (χ3n) is 3.76. The third kappa shape index (κ3) is 3.71. The number of hydrogen-bond acceptors (Lipinski definition) is 4. The average molecular weight is 352 g/mol. The van der Waals surface area contributed by atoms with Gasteiger partial charge in [0.2, 0.25) is 11.7 Å². The van der Waals surface area contributed by atoms with Gasteiger partial charge in [-0.15, -0.1) is 0 Å². The Bertz CT molecular complexity index is 597. The van der Waals surface area contributed by atoms with E-state index in [1.54, 1.807) is 0 Å². The number of aromatic nitrogens is 2. The van der Waals surface area contributed by atoms with E-state index in [0.717, 1.165) is 23.0 Å². The van der Waals surface area contributed by atoms with Crippen molar-refractivity contribution in [3.8, 4) is 11.4 Å². The third-order valence-corrected chi connectivity index (χ3v) is 4.61. The molecular weight excluding hydrogens is 330 g/mol. The fourth-order valence-electron chi connectivity index (χ4n) is 2.44. The number of aryl methyl sites for hydroxylation is 1. The Kier molecular flexibility index (Phi) is 5.53. The summed E-state index contributed by atoms with van der Waals surface area (Å²) >= 11 is 3.54. The van der Waals surface area contributed by atoms with Gasteiger partial charge in [0.1, 0.15) is 0 Å². The zero-order valence-corrected chi connectivity index (χ0v) is 14.6. The maximum atomic E-state index is 5.49. The predicted molar refractivity (Wildman–Crippen MR) is 88.3 cm³/mol. The molecule has 0 fully saturated rings. The minimum Gasteiger partial charge on any atom is -0.339 e. The van der Waals surface area contributed by atoms with Crippen LogP contribution in [0, 0.1) is 6.92 Å². The molecule has 0 aliphatic heterocycles. The molecule has 5 heteroatoms. The molecule has 1 aromatic heterocycles. The average Bonchev–Trinajstić information content (AvgIpc) is 2.92. The molecule has 2 aromatic rings. The molecule has 2 unspecified atom stereocenters. The van der Waals surface area contributed by atoms with Crippen molar-refractivity contribution >= 4 is 15.9 Å². The molecule has 0 radical (unpaired) electrons. The summed E-state index contributed by atoms with van der Waals surface area (Å²) in [5.41, 5.74) is 2.16. The minimum absolute atomic E-state index is 0.236. The fourth-order valence-corrected chi connectivity index (χ4v) is 2.82. The van der Waals surface area contributed by atoms with Crippen molar-refractivity contribution in [3.05, 3.63) is 34.1 Å². The molecule has 0 saturated carbocycles. The van der Waals surface area contributed by atoms with E-state index in [0.29, 0.717) is 17.8 Å². The first-order valence-electron chi connectivity index (χ1n) is 7.40. The molecule has 114 valence electrons. The van der Waals surface area contributed by atoms with Crippen LogP contribution >= 0.6 is 15.9 Å². The normalized spacial score (nSPS) is 14.1. The number of benzene rings is 1. The number of nitrogens with one attached hydrogen (secondary N) is 1. The Morgan fingerprint density at radius 2 is 2.10 bits per heavy atom. The molecular formula is C16H22BrN3O. The first-order valence-corrected chi connectivity index (χ1v) is 8.19. The summed E-state index contributed by atoms with van der Waals surface area (Å²) in [6.45, 7) is 9.39. The SMILES string of the molecule is CCNC(C)C(CC)c1nc(-c2ccc(C)c(Br)c2)no1. The summed E-state index contributed by atoms with van der Waals surface area (Å²) in [4.78, 5) is 4.59. The molecule has 1 heterocycles. The summed E-state index contributed by atoms with van der Waals surface area (Å²) in [7, 11) is 0. The number of hydrogen-bond donors (Lipinski definition) is 1. The van der Waals surface area contributed by atoms with E-state index in [1.807, 2.05) is 18.2 Å². The van der Waals surface area contributed by atoms with Crippen LogP contribution in [0.3, 0.4) is 0 Å². The molecule has 0 amide bonds. The van der Waals surface area contributed by atoms with Crippen molar-refractivity contribution in [1.29, 1.82) is 0 Å². The number of halogens is 1. The smallest absolute Gasteiger partial charge is 0.231 e. The summed E-state index contributed by atoms with van der Waals surface area (Å²) < 4.78 is 6.55. The fraction of sp³-hybridized carbons (Fsp3) is 0.500. The lowest BCUT2D eigenvalue weighted by Crippen LogP contribution is -2.31. The second kappa shape index (κ2) is 7.18. The molecule has 0 saturated heterocycles. The Balaban J connectivity index is 2.25. The molecule has 0 aliphatic rings. The lowest BCUT2D eigenvalue weighted by atomic mass is 9.98. The van der Waals surface area contributed by atoms with Gasteiger partial charge in [-0.2, -0.15) is 4.98 Å². The highest BCUT2D eigenvalue weighted by Gasteiger charge is 2.23. The molecule has 1 N–H and O–H groups in total. The zero-order valence-electron chi connectivity index (χ0n) is 13.0. The van der Waals surface area contributed by atoms with Gasteiger partial charge in [0.15, 0.2) is 0 Å². The molecule has 2 rings (SSSR count). The van der Waals surface area contributed by atoms with Crippen LogP contribution in [0.25, 0.3) is 11.4 Å². The summed E-state index contributed by atoms with van der Waals surface area (Å²) in [5, 5.41) is 7.56. The quantitative estimate of drug-likeness (QED) is 0.842. The van der Waals surface area contributed by atoms with Crippen molar-refractivity contribution in [2.24, 2.45) is 0 Å². The molecule has 0 bridgehead atoms. The van der Waals surface area contributed by atoms with Crippen LogP contribution in [-0.2, 0) is 0 Å². The molecule has 1 aromatic carbocycles. The van der Waals surface area contributed by atoms with E-state index in [9.17, 15) is 0 Å². The van der Waals surface area contributed by atoms with Crippen LogP contribution in [0.2, 0.25) is 0 Å². The maximum absolute atomic E-state index is 5.49. The van der Waals surface area contributed by atoms with E-state index < -0.39 is 0 Å². The Labute approximate surface area is 134 Å². The van der Waals surface area contributed by atoms with E-state index in [2.05, 4.69) is 59.1 Å². The van der Waals surface area contributed by atoms with Gasteiger partial charge in [0.25, 0.3) is 0 Å². The second-order valence-corrected chi connectivity index (χ2v) is 6.14. The highest BCUT2D eigenvalue weighted by molar-refractivity contribution is 9.10. The standard InChI is InChI=1S/C16H22BrN3O/c1-5-13(11(4)18-6-2)16-19-15(20-21-16)12-8-7-10(3)14(17)9-12/h7-9,11,13,18H,5-6H2,1-4H3. The van der Waals surface area contributed by atoms with E-state index in [-0.39, 0.29) is 5.92 Å². The minimum atomic E-state index is 0.236. The van der Waals surface area contributed by atoms with Gasteiger partial charge in [-0.3, -0.25) is 0 Å². The van der Waals surface area contributed by atoms with Gasteiger partial charge in [0.05, 0.1) is 5.92 Å². The highest BCUT2D eigenvalue weighted by Crippen LogP contribution is 2.27. The largest absolute Gasteiger partial charge is 0.339 e. The summed E-state index contributed by atoms with van der Waals surface area (Å²) in [5.74, 6) is 1.59. The first kappa shape index (κ1) is 16.2. The van der Waals surface area contributed by atoms with Crippen LogP contribution in [0.15, 0.2) is 27.2 Å². The van der Waals surface area contributed by atoms with Crippen LogP contribution in [0.4, 0.5) is 0 Å². The van der Waals surface area contributed by atoms with E-state index in [4.69, 9.17) is 4.52 Å². The number of likely N-dealkylation sites (N-methyl/N-ethyl adjacent to an activating group) is 1. The monoisotopic (exact) mass is 351 g/mol. The molecule has 0 aliphatic carbocycles. The topological polar surface area (TPSA) is 51.0 Å². The number of nitrogens with zero attached hydrogens (tertiary/aromatic N) is 2. The molecule has 4 nitrogen and oxygen atoms in total. The van der Waals surface area contributed by atoms with Gasteiger partial charge in [0, 0.05) is 16.1 Å². The van der Waals surface area contributed by atoms with Gasteiger partial charge in [-0.25, -0.2) is 0 Å². The van der Waals surface area contributed by atoms with Gasteiger partial charge in [-0.05, 0) is 38.4 Å². The number of rotatable bonds is 6. The van der Waals surface area contributed by atoms with Gasteiger partial charge >= 0.3 is 0 Å². The van der Waals surface area contributed by atoms with Crippen LogP contribution in [0.1, 0.15) is 44.6 Å². The van der Waals surface area contributed by atoms with E-state index in [1.165, 1.54) is 5.56 Å². The summed E-state index contributed by atoms with van der Waals surface area (Å²) in [6, 6.07) is 6.41. The van der Waals surface area contributed by atoms with Gasteiger partial charge in [-0.1, -0.05) is 47.1 Å². The molecule has 2 atom stereocenters. The molecule has 0 spiro atoms. The van der Waals surface area contributed by atoms with Crippen LogP contribution in [0.5, 0.6) is 0 Å². The Morgan fingerprint density at radius 1 is 1.33 bits per heavy atom. The van der Waals surface area contributed by atoms with Crippen molar-refractivity contribution in [3.63, 3.8) is 0 Å². The van der Waals surface area contributed by atoms with Crippen molar-refractivity contribution < 1.29 is 4.52 Å². The molecule has 21 heavy (non-hydrogen) atoms. The maximum Gasteiger partial charge on any atom is 0.231 e. The lowest BCUT2D eigenvalue weighted by molar-refractivity contribution is 0.318. The zero-order chi connectivity index (χ0) is 15.4. The Morgan fingerprint density at radius 3 is 2.71 bits per heavy atom. The van der Waals surface area contributed by atoms with E-state index >= 15 is 0 Å². The van der Waals surface area contributed by atoms with Crippen LogP contribution in [-0.4, -0.2) is 22.7 Å². The predicted octanol–water partition coefficient (Wildman–Crippen LogP) is 4.30. The first-order chi connectivity index (χ1) is 10.1. The van der Waals surface area contributed by atoms with Crippen LogP contribution < -0.4 is 5.32 Å². The Hall–Kier alpha value is -1.20. The lowest BCUT2D eigenvalue weighted by Gasteiger charge is -2.19. The van der Waals surface area contributed by atoms with Gasteiger partial charge < -0.3 is 9.84 Å². The van der Waals surface area contributed by atoms with Crippen molar-refractivity contribution in [2.75, 3.05) is 6.54 Å². The van der Waals surface area contributed by atoms with Crippen molar-refractivity contribution in [1.82, 2.24) is 15.5 Å².